The average Bonchev–Trinajstić information content (AvgIpc) is 2.73. The highest BCUT2D eigenvalue weighted by Crippen LogP contribution is 2.29. The number of benzene rings is 1. The minimum atomic E-state index is -1.63. The maximum absolute atomic E-state index is 11.7. The molecular formula is C13H15NO3. The highest BCUT2D eigenvalue weighted by atomic mass is 16.5. The number of nitrogens with one attached hydrogen (secondary N) is 1. The predicted molar refractivity (Wildman–Crippen MR) is 64.5 cm³/mol. The molecule has 1 aromatic carbocycles. The first kappa shape index (κ1) is 11.7. The van der Waals surface area contributed by atoms with Gasteiger partial charge in [0.15, 0.2) is 5.60 Å². The Bertz CT molecular complexity index is 542. The van der Waals surface area contributed by atoms with Crippen LogP contribution in [0.25, 0.3) is 10.9 Å². The lowest BCUT2D eigenvalue weighted by molar-refractivity contribution is -0.164. The molecule has 0 amide bonds. The fourth-order valence-corrected chi connectivity index (χ4v) is 1.86. The molecule has 1 atom stereocenters. The van der Waals surface area contributed by atoms with Gasteiger partial charge in [0.05, 0.1) is 6.61 Å². The normalized spacial score (nSPS) is 14.5. The number of para-hydroxylation sites is 1. The van der Waals surface area contributed by atoms with E-state index in [0.29, 0.717) is 5.56 Å². The van der Waals surface area contributed by atoms with Crippen LogP contribution in [0, 0.1) is 0 Å². The van der Waals surface area contributed by atoms with Crippen molar-refractivity contribution in [3.05, 3.63) is 36.0 Å². The fourth-order valence-electron chi connectivity index (χ4n) is 1.86. The maximum atomic E-state index is 11.7. The van der Waals surface area contributed by atoms with Crippen LogP contribution in [0.2, 0.25) is 0 Å². The number of carbonyl (C=O) groups excluding carboxylic acids is 1. The first-order chi connectivity index (χ1) is 8.07. The summed E-state index contributed by atoms with van der Waals surface area (Å²) in [5.74, 6) is -0.634. The number of H-pyrrole nitrogens is 1. The van der Waals surface area contributed by atoms with Crippen LogP contribution in [0.3, 0.4) is 0 Å². The number of ether oxygens (including phenoxy) is 1. The van der Waals surface area contributed by atoms with Gasteiger partial charge in [0.2, 0.25) is 0 Å². The van der Waals surface area contributed by atoms with Crippen molar-refractivity contribution in [2.24, 2.45) is 0 Å². The van der Waals surface area contributed by atoms with E-state index in [4.69, 9.17) is 4.74 Å². The van der Waals surface area contributed by atoms with Crippen molar-refractivity contribution in [2.45, 2.75) is 19.4 Å². The number of hydrogen-bond donors (Lipinski definition) is 2. The van der Waals surface area contributed by atoms with Crippen LogP contribution >= 0.6 is 0 Å². The van der Waals surface area contributed by atoms with Crippen molar-refractivity contribution in [3.63, 3.8) is 0 Å². The smallest absolute Gasteiger partial charge is 0.342 e. The number of aliphatic hydroxyl groups is 1. The lowest BCUT2D eigenvalue weighted by Crippen LogP contribution is -2.33. The van der Waals surface area contributed by atoms with Gasteiger partial charge in [0.1, 0.15) is 0 Å². The Kier molecular flexibility index (Phi) is 2.90. The largest absolute Gasteiger partial charge is 0.464 e. The second-order valence-electron chi connectivity index (χ2n) is 4.04. The molecule has 4 heteroatoms. The molecule has 0 saturated heterocycles. The molecule has 2 N–H and O–H groups in total. The van der Waals surface area contributed by atoms with E-state index in [-0.39, 0.29) is 6.61 Å². The van der Waals surface area contributed by atoms with Crippen molar-refractivity contribution in [2.75, 3.05) is 6.61 Å². The summed E-state index contributed by atoms with van der Waals surface area (Å²) in [6.45, 7) is 3.40. The van der Waals surface area contributed by atoms with Crippen molar-refractivity contribution in [1.82, 2.24) is 4.98 Å². The number of fused-ring (bicyclic) bond motifs is 1. The first-order valence-electron chi connectivity index (χ1n) is 5.53. The molecule has 0 bridgehead atoms. The number of esters is 1. The quantitative estimate of drug-likeness (QED) is 0.796. The lowest BCUT2D eigenvalue weighted by Gasteiger charge is -2.20. The van der Waals surface area contributed by atoms with Crippen molar-refractivity contribution >= 4 is 16.9 Å². The third-order valence-electron chi connectivity index (χ3n) is 2.79. The standard InChI is InChI=1S/C13H15NO3/c1-3-17-12(15)13(2,16)10-8-14-11-7-5-4-6-9(10)11/h4-8,14,16H,3H2,1-2H3. The Hall–Kier alpha value is -1.81. The predicted octanol–water partition coefficient (Wildman–Crippen LogP) is 1.94. The zero-order chi connectivity index (χ0) is 12.5. The van der Waals surface area contributed by atoms with Gasteiger partial charge < -0.3 is 14.8 Å². The van der Waals surface area contributed by atoms with Gasteiger partial charge in [-0.25, -0.2) is 4.79 Å². The number of aromatic amines is 1. The Morgan fingerprint density at radius 3 is 2.88 bits per heavy atom. The summed E-state index contributed by atoms with van der Waals surface area (Å²) in [6.07, 6.45) is 1.64. The van der Waals surface area contributed by atoms with Crippen molar-refractivity contribution in [3.8, 4) is 0 Å². The van der Waals surface area contributed by atoms with Crippen LogP contribution < -0.4 is 0 Å². The zero-order valence-electron chi connectivity index (χ0n) is 9.86. The van der Waals surface area contributed by atoms with E-state index in [0.717, 1.165) is 10.9 Å². The van der Waals surface area contributed by atoms with Crippen LogP contribution in [0.5, 0.6) is 0 Å². The molecule has 1 unspecified atom stereocenters. The number of hydrogen-bond acceptors (Lipinski definition) is 3. The third kappa shape index (κ3) is 1.91. The van der Waals surface area contributed by atoms with E-state index in [9.17, 15) is 9.90 Å². The minimum Gasteiger partial charge on any atom is -0.464 e. The molecule has 4 nitrogen and oxygen atoms in total. The lowest BCUT2D eigenvalue weighted by atomic mass is 9.96. The van der Waals surface area contributed by atoms with Crippen LogP contribution in [0.15, 0.2) is 30.5 Å². The summed E-state index contributed by atoms with van der Waals surface area (Å²) in [7, 11) is 0. The van der Waals surface area contributed by atoms with E-state index >= 15 is 0 Å². The molecular weight excluding hydrogens is 218 g/mol. The number of aromatic nitrogens is 1. The van der Waals surface area contributed by atoms with Gasteiger partial charge in [0, 0.05) is 22.7 Å². The molecule has 90 valence electrons. The fraction of sp³-hybridized carbons (Fsp3) is 0.308. The van der Waals surface area contributed by atoms with Crippen LogP contribution in [-0.2, 0) is 15.1 Å². The number of carbonyl (C=O) groups is 1. The van der Waals surface area contributed by atoms with Crippen LogP contribution in [0.1, 0.15) is 19.4 Å². The van der Waals surface area contributed by atoms with Crippen LogP contribution in [0.4, 0.5) is 0 Å². The summed E-state index contributed by atoms with van der Waals surface area (Å²) in [5, 5.41) is 11.1. The van der Waals surface area contributed by atoms with Gasteiger partial charge >= 0.3 is 5.97 Å². The Balaban J connectivity index is 2.48. The highest BCUT2D eigenvalue weighted by molar-refractivity contribution is 5.91. The molecule has 17 heavy (non-hydrogen) atoms. The summed E-state index contributed by atoms with van der Waals surface area (Å²) in [4.78, 5) is 14.7. The summed E-state index contributed by atoms with van der Waals surface area (Å²) >= 11 is 0. The van der Waals surface area contributed by atoms with E-state index in [1.165, 1.54) is 6.92 Å². The monoisotopic (exact) mass is 233 g/mol. The zero-order valence-corrected chi connectivity index (χ0v) is 9.86. The molecule has 0 saturated carbocycles. The highest BCUT2D eigenvalue weighted by Gasteiger charge is 2.36. The van der Waals surface area contributed by atoms with Crippen molar-refractivity contribution < 1.29 is 14.6 Å². The Morgan fingerprint density at radius 2 is 2.18 bits per heavy atom. The molecule has 1 aromatic heterocycles. The van der Waals surface area contributed by atoms with Gasteiger partial charge in [-0.15, -0.1) is 0 Å². The van der Waals surface area contributed by atoms with E-state index in [1.807, 2.05) is 24.3 Å². The van der Waals surface area contributed by atoms with Gasteiger partial charge in [-0.1, -0.05) is 18.2 Å². The molecule has 0 aliphatic carbocycles. The minimum absolute atomic E-state index is 0.247. The number of rotatable bonds is 3. The molecule has 2 rings (SSSR count). The molecule has 0 aliphatic heterocycles. The summed E-state index contributed by atoms with van der Waals surface area (Å²) in [6, 6.07) is 7.50. The third-order valence-corrected chi connectivity index (χ3v) is 2.79. The average molecular weight is 233 g/mol. The van der Waals surface area contributed by atoms with E-state index in [2.05, 4.69) is 4.98 Å². The Labute approximate surface area is 99.2 Å². The second-order valence-corrected chi connectivity index (χ2v) is 4.04. The first-order valence-corrected chi connectivity index (χ1v) is 5.53. The topological polar surface area (TPSA) is 62.3 Å². The second kappa shape index (κ2) is 4.22. The van der Waals surface area contributed by atoms with Crippen molar-refractivity contribution in [1.29, 1.82) is 0 Å². The van der Waals surface area contributed by atoms with Crippen LogP contribution in [-0.4, -0.2) is 22.7 Å². The Morgan fingerprint density at radius 1 is 1.47 bits per heavy atom. The molecule has 0 spiro atoms. The van der Waals surface area contributed by atoms with Gasteiger partial charge in [0.25, 0.3) is 0 Å². The molecule has 2 aromatic rings. The summed E-state index contributed by atoms with van der Waals surface area (Å²) < 4.78 is 4.88. The maximum Gasteiger partial charge on any atom is 0.342 e. The van der Waals surface area contributed by atoms with E-state index in [1.54, 1.807) is 13.1 Å². The van der Waals surface area contributed by atoms with Gasteiger partial charge in [-0.05, 0) is 19.9 Å². The SMILES string of the molecule is CCOC(=O)C(C)(O)c1c[nH]c2ccccc12. The molecule has 0 radical (unpaired) electrons. The van der Waals surface area contributed by atoms with Gasteiger partial charge in [-0.2, -0.15) is 0 Å². The van der Waals surface area contributed by atoms with Gasteiger partial charge in [-0.3, -0.25) is 0 Å². The molecule has 0 aliphatic rings. The molecule has 1 heterocycles. The van der Waals surface area contributed by atoms with E-state index < -0.39 is 11.6 Å². The summed E-state index contributed by atoms with van der Waals surface area (Å²) in [5.41, 5.74) is -0.214. The molecule has 0 fully saturated rings.